The zero-order chi connectivity index (χ0) is 12.7. The monoisotopic (exact) mass is 374 g/mol. The number of methoxy groups -OCH3 is 1. The molecule has 0 saturated heterocycles. The van der Waals surface area contributed by atoms with Crippen molar-refractivity contribution in [3.05, 3.63) is 27.5 Å². The van der Waals surface area contributed by atoms with E-state index < -0.39 is 0 Å². The van der Waals surface area contributed by atoms with E-state index in [1.54, 1.807) is 7.11 Å². The number of nitrogens with zero attached hydrogens (tertiary/aromatic N) is 1. The van der Waals surface area contributed by atoms with Gasteiger partial charge in [-0.1, -0.05) is 11.6 Å². The van der Waals surface area contributed by atoms with Crippen LogP contribution in [0.25, 0.3) is 10.9 Å². The average Bonchev–Trinajstić information content (AvgIpc) is 2.38. The van der Waals surface area contributed by atoms with Crippen LogP contribution in [0.1, 0.15) is 12.0 Å². The van der Waals surface area contributed by atoms with Crippen molar-refractivity contribution in [2.45, 2.75) is 12.8 Å². The number of pyridine rings is 1. The normalized spacial score (nSPS) is 14.7. The van der Waals surface area contributed by atoms with Crippen molar-refractivity contribution in [3.8, 4) is 5.75 Å². The first kappa shape index (κ1) is 12.2. The van der Waals surface area contributed by atoms with Gasteiger partial charge in [0, 0.05) is 16.6 Å². The predicted octanol–water partition coefficient (Wildman–Crippen LogP) is 3.28. The first-order chi connectivity index (χ1) is 8.69. The fourth-order valence-electron chi connectivity index (χ4n) is 2.08. The summed E-state index contributed by atoms with van der Waals surface area (Å²) in [5.41, 5.74) is 9.24. The van der Waals surface area contributed by atoms with E-state index in [-0.39, 0.29) is 20.7 Å². The number of anilines is 1. The van der Waals surface area contributed by atoms with E-state index in [9.17, 15) is 0 Å². The van der Waals surface area contributed by atoms with E-state index in [1.807, 2.05) is 18.2 Å². The molecule has 1 aliphatic heterocycles. The van der Waals surface area contributed by atoms with Crippen molar-refractivity contribution in [3.63, 3.8) is 0 Å². The minimum absolute atomic E-state index is 0.311. The van der Waals surface area contributed by atoms with Crippen LogP contribution in [0.2, 0.25) is 0 Å². The van der Waals surface area contributed by atoms with Crippen LogP contribution in [0.15, 0.2) is 18.2 Å². The van der Waals surface area contributed by atoms with Crippen LogP contribution < -0.4 is 10.5 Å². The van der Waals surface area contributed by atoms with Crippen molar-refractivity contribution >= 4 is 51.9 Å². The molecule has 1 aliphatic rings. The lowest BCUT2D eigenvalue weighted by molar-refractivity contribution is 0.415. The Hall–Kier alpha value is -0.880. The van der Waals surface area contributed by atoms with Crippen LogP contribution in [-0.4, -0.2) is 15.1 Å². The third kappa shape index (κ3) is 1.97. The largest absolute Gasteiger partial charge is 0.497 e. The molecule has 5 heteroatoms. The molecule has 0 amide bonds. The Morgan fingerprint density at radius 3 is 3.00 bits per heavy atom. The summed E-state index contributed by atoms with van der Waals surface area (Å²) in [7, 11) is 1.66. The van der Waals surface area contributed by atoms with Crippen LogP contribution >= 0.6 is 32.3 Å². The van der Waals surface area contributed by atoms with E-state index in [0.717, 1.165) is 41.9 Å². The van der Waals surface area contributed by atoms with Gasteiger partial charge in [-0.3, -0.25) is 0 Å². The number of hydrogen-bond donors (Lipinski definition) is 1. The summed E-state index contributed by atoms with van der Waals surface area (Å²) in [6.07, 6.45) is 1.84. The van der Waals surface area contributed by atoms with Gasteiger partial charge in [0.1, 0.15) is 9.45 Å². The van der Waals surface area contributed by atoms with Crippen LogP contribution in [0.5, 0.6) is 5.75 Å². The summed E-state index contributed by atoms with van der Waals surface area (Å²) in [6.45, 7) is 0. The van der Waals surface area contributed by atoms with Gasteiger partial charge < -0.3 is 10.5 Å². The van der Waals surface area contributed by atoms with Crippen molar-refractivity contribution < 1.29 is 4.74 Å². The summed E-state index contributed by atoms with van der Waals surface area (Å²) in [5.74, 6) is 0.811. The van der Waals surface area contributed by atoms with Gasteiger partial charge in [-0.2, -0.15) is 0 Å². The smallest absolute Gasteiger partial charge is 0.119 e. The Bertz CT molecular complexity index is 670. The van der Waals surface area contributed by atoms with E-state index in [4.69, 9.17) is 27.1 Å². The van der Waals surface area contributed by atoms with Gasteiger partial charge >= 0.3 is 0 Å². The molecule has 0 radical (unpaired) electrons. The highest BCUT2D eigenvalue weighted by Crippen LogP contribution is 2.35. The Labute approximate surface area is 120 Å². The predicted molar refractivity (Wildman–Crippen MR) is 84.6 cm³/mol. The van der Waals surface area contributed by atoms with Crippen LogP contribution in [0.4, 0.5) is 5.69 Å². The molecule has 94 valence electrons. The molecule has 0 atom stereocenters. The molecule has 3 rings (SSSR count). The van der Waals surface area contributed by atoms with E-state index >= 15 is 0 Å². The number of nitrogen functional groups attached to an aromatic ring is 1. The van der Waals surface area contributed by atoms with Crippen LogP contribution in [0, 0.1) is 3.70 Å². The fraction of sp³-hybridized carbons (Fsp3) is 0.231. The molecule has 2 heterocycles. The quantitative estimate of drug-likeness (QED) is 0.615. The molecule has 0 fully saturated rings. The Morgan fingerprint density at radius 1 is 1.39 bits per heavy atom. The minimum atomic E-state index is -0.311. The molecule has 2 N–H and O–H groups in total. The highest BCUT2D eigenvalue weighted by molar-refractivity contribution is 14.2. The number of aromatic nitrogens is 1. The van der Waals surface area contributed by atoms with E-state index in [1.165, 1.54) is 5.56 Å². The summed E-state index contributed by atoms with van der Waals surface area (Å²) < 4.78 is 7.43. The first-order valence-electron chi connectivity index (χ1n) is 5.61. The van der Waals surface area contributed by atoms with Crippen molar-refractivity contribution in [1.82, 2.24) is 4.98 Å². The molecule has 1 aromatic carbocycles. The average molecular weight is 375 g/mol. The third-order valence-electron chi connectivity index (χ3n) is 3.04. The Kier molecular flexibility index (Phi) is 3.15. The molecule has 1 aromatic heterocycles. The maximum atomic E-state index is 6.28. The number of benzene rings is 1. The number of nitrogens with two attached hydrogens (primary N) is 1. The number of ether oxygens (including phenoxy) is 1. The molecule has 3 nitrogen and oxygen atoms in total. The number of rotatable bonds is 1. The zero-order valence-electron chi connectivity index (χ0n) is 9.84. The summed E-state index contributed by atoms with van der Waals surface area (Å²) in [6, 6.07) is 5.82. The first-order valence-corrected chi connectivity index (χ1v) is 8.15. The topological polar surface area (TPSA) is 48.1 Å². The fourth-order valence-corrected chi connectivity index (χ4v) is 4.99. The van der Waals surface area contributed by atoms with Gasteiger partial charge in [-0.05, 0) is 51.8 Å². The lowest BCUT2D eigenvalue weighted by Gasteiger charge is -2.16. The van der Waals surface area contributed by atoms with Gasteiger partial charge in [0.25, 0.3) is 0 Å². The molecule has 0 spiro atoms. The van der Waals surface area contributed by atoms with Gasteiger partial charge in [0.15, 0.2) is 0 Å². The van der Waals surface area contributed by atoms with Gasteiger partial charge in [-0.15, -0.1) is 0 Å². The lowest BCUT2D eigenvalue weighted by atomic mass is 10.1. The standard InChI is InChI=1S/C13H12ClIN2O/c1-18-7-2-4-10-9(6-7)12(16)8-3-5-11(14)15-13(8)17-10/h2,4,6H,3,5H2,1H3,(H2,16,17). The molecule has 0 aliphatic carbocycles. The van der Waals surface area contributed by atoms with Crippen molar-refractivity contribution in [1.29, 1.82) is 0 Å². The second kappa shape index (κ2) is 4.66. The molecule has 0 bridgehead atoms. The number of hydrogen-bond acceptors (Lipinski definition) is 3. The van der Waals surface area contributed by atoms with Gasteiger partial charge in [0.05, 0.1) is 15.6 Å². The molecule has 0 saturated carbocycles. The van der Waals surface area contributed by atoms with Crippen molar-refractivity contribution in [2.24, 2.45) is 0 Å². The van der Waals surface area contributed by atoms with E-state index in [2.05, 4.69) is 0 Å². The highest BCUT2D eigenvalue weighted by Gasteiger charge is 2.17. The molecule has 0 unspecified atom stereocenters. The van der Waals surface area contributed by atoms with Gasteiger partial charge in [-0.25, -0.2) is 4.98 Å². The Morgan fingerprint density at radius 2 is 2.22 bits per heavy atom. The maximum Gasteiger partial charge on any atom is 0.119 e. The summed E-state index contributed by atoms with van der Waals surface area (Å²) >= 11 is 5.85. The second-order valence-electron chi connectivity index (χ2n) is 4.11. The molecular weight excluding hydrogens is 363 g/mol. The summed E-state index contributed by atoms with van der Waals surface area (Å²) in [5, 5.41) is 0.982. The van der Waals surface area contributed by atoms with Crippen LogP contribution in [0.3, 0.4) is 0 Å². The molecular formula is C13H12ClIN2O. The summed E-state index contributed by atoms with van der Waals surface area (Å²) in [4.78, 5) is 4.71. The minimum Gasteiger partial charge on any atom is -0.497 e. The maximum absolute atomic E-state index is 6.28. The number of fused-ring (bicyclic) bond motifs is 2. The second-order valence-corrected chi connectivity index (χ2v) is 8.07. The van der Waals surface area contributed by atoms with E-state index in [0.29, 0.717) is 0 Å². The van der Waals surface area contributed by atoms with Crippen molar-refractivity contribution in [2.75, 3.05) is 12.8 Å². The Balaban J connectivity index is 2.31. The molecule has 18 heavy (non-hydrogen) atoms. The number of halogens is 2. The lowest BCUT2D eigenvalue weighted by Crippen LogP contribution is -2.07. The third-order valence-corrected chi connectivity index (χ3v) is 6.24. The SMILES string of the molecule is COc1ccc2nc3c(c(N)c2c1)CCC(Cl)=I3. The zero-order valence-corrected chi connectivity index (χ0v) is 12.7. The highest BCUT2D eigenvalue weighted by atomic mass is 127. The van der Waals surface area contributed by atoms with Gasteiger partial charge in [0.2, 0.25) is 0 Å². The molecule has 2 aromatic rings. The van der Waals surface area contributed by atoms with Crippen LogP contribution in [-0.2, 0) is 6.42 Å².